The number of carbonyl (C=O) groups is 1. The number of fused-ring (bicyclic) bond motifs is 1. The summed E-state index contributed by atoms with van der Waals surface area (Å²) in [6, 6.07) is 11.8. The number of amides is 1. The van der Waals surface area contributed by atoms with Crippen LogP contribution >= 0.6 is 11.3 Å². The lowest BCUT2D eigenvalue weighted by atomic mass is 10.1. The molecule has 6 nitrogen and oxygen atoms in total. The maximum atomic E-state index is 12.5. The molecule has 1 atom stereocenters. The van der Waals surface area contributed by atoms with Crippen molar-refractivity contribution < 1.29 is 4.79 Å². The normalized spacial score (nSPS) is 16.9. The molecule has 0 saturated carbocycles. The fourth-order valence-electron chi connectivity index (χ4n) is 3.50. The van der Waals surface area contributed by atoms with E-state index in [4.69, 9.17) is 10.1 Å². The van der Waals surface area contributed by atoms with Crippen molar-refractivity contribution in [1.29, 1.82) is 0 Å². The van der Waals surface area contributed by atoms with E-state index >= 15 is 0 Å². The molecule has 0 spiro atoms. The second-order valence-electron chi connectivity index (χ2n) is 6.64. The first-order valence-corrected chi connectivity index (χ1v) is 9.75. The smallest absolute Gasteiger partial charge is 0.263 e. The molecular weight excluding hydrogens is 358 g/mol. The van der Waals surface area contributed by atoms with Crippen molar-refractivity contribution in [1.82, 2.24) is 24.5 Å². The van der Waals surface area contributed by atoms with Gasteiger partial charge in [0, 0.05) is 43.2 Å². The zero-order valence-corrected chi connectivity index (χ0v) is 15.3. The van der Waals surface area contributed by atoms with Crippen molar-refractivity contribution in [2.75, 3.05) is 13.1 Å². The number of pyridine rings is 2. The lowest BCUT2D eigenvalue weighted by molar-refractivity contribution is 0.0795. The quantitative estimate of drug-likeness (QED) is 0.550. The molecule has 1 saturated heterocycles. The topological polar surface area (TPSA) is 63.4 Å². The maximum absolute atomic E-state index is 12.5. The Morgan fingerprint density at radius 1 is 1.11 bits per heavy atom. The Bertz CT molecular complexity index is 1090. The van der Waals surface area contributed by atoms with E-state index < -0.39 is 0 Å². The lowest BCUT2D eigenvalue weighted by Gasteiger charge is -2.14. The zero-order chi connectivity index (χ0) is 18.2. The maximum Gasteiger partial charge on any atom is 0.263 e. The van der Waals surface area contributed by atoms with E-state index in [9.17, 15) is 4.79 Å². The monoisotopic (exact) mass is 375 g/mol. The van der Waals surface area contributed by atoms with Crippen LogP contribution in [0.3, 0.4) is 0 Å². The van der Waals surface area contributed by atoms with Gasteiger partial charge in [0.05, 0.1) is 4.88 Å². The Labute approximate surface area is 160 Å². The number of rotatable bonds is 3. The molecule has 1 amide bonds. The first-order chi connectivity index (χ1) is 13.3. The van der Waals surface area contributed by atoms with Gasteiger partial charge in [0.25, 0.3) is 5.91 Å². The average molecular weight is 375 g/mol. The molecule has 1 aliphatic rings. The predicted octanol–water partition coefficient (Wildman–Crippen LogP) is 3.48. The van der Waals surface area contributed by atoms with E-state index in [0.717, 1.165) is 40.4 Å². The summed E-state index contributed by atoms with van der Waals surface area (Å²) in [5.74, 6) is 1.10. The molecule has 0 bridgehead atoms. The van der Waals surface area contributed by atoms with E-state index in [1.54, 1.807) is 12.4 Å². The summed E-state index contributed by atoms with van der Waals surface area (Å²) in [6.07, 6.45) is 6.45. The highest BCUT2D eigenvalue weighted by Gasteiger charge is 2.30. The van der Waals surface area contributed by atoms with Crippen molar-refractivity contribution in [2.24, 2.45) is 0 Å². The summed E-state index contributed by atoms with van der Waals surface area (Å²) >= 11 is 1.49. The minimum Gasteiger partial charge on any atom is -0.337 e. The molecule has 0 aliphatic carbocycles. The molecule has 0 aromatic carbocycles. The number of hydrogen-bond acceptors (Lipinski definition) is 5. The predicted molar refractivity (Wildman–Crippen MR) is 104 cm³/mol. The number of thiophene rings is 1. The minimum atomic E-state index is 0.108. The van der Waals surface area contributed by atoms with Crippen molar-refractivity contribution in [3.05, 3.63) is 71.1 Å². The summed E-state index contributed by atoms with van der Waals surface area (Å²) < 4.78 is 1.83. The Morgan fingerprint density at radius 2 is 2.00 bits per heavy atom. The Balaban J connectivity index is 1.39. The van der Waals surface area contributed by atoms with Crippen LogP contribution in [-0.2, 0) is 0 Å². The minimum absolute atomic E-state index is 0.108. The van der Waals surface area contributed by atoms with Gasteiger partial charge in [-0.15, -0.1) is 11.3 Å². The molecule has 0 radical (unpaired) electrons. The van der Waals surface area contributed by atoms with Crippen LogP contribution in [0.1, 0.15) is 27.8 Å². The fraction of sp³-hybridized carbons (Fsp3) is 0.200. The second-order valence-corrected chi connectivity index (χ2v) is 7.59. The van der Waals surface area contributed by atoms with Gasteiger partial charge in [-0.25, -0.2) is 9.50 Å². The third-order valence-corrected chi connectivity index (χ3v) is 5.79. The molecule has 27 heavy (non-hydrogen) atoms. The van der Waals surface area contributed by atoms with Gasteiger partial charge in [-0.1, -0.05) is 6.07 Å². The first kappa shape index (κ1) is 16.1. The van der Waals surface area contributed by atoms with Crippen LogP contribution in [0.4, 0.5) is 0 Å². The van der Waals surface area contributed by atoms with Crippen LogP contribution in [-0.4, -0.2) is 43.5 Å². The average Bonchev–Trinajstić information content (AvgIpc) is 3.47. The second kappa shape index (κ2) is 6.59. The summed E-state index contributed by atoms with van der Waals surface area (Å²) in [7, 11) is 0. The lowest BCUT2D eigenvalue weighted by Crippen LogP contribution is -2.27. The van der Waals surface area contributed by atoms with Gasteiger partial charge in [-0.3, -0.25) is 9.78 Å². The summed E-state index contributed by atoms with van der Waals surface area (Å²) in [5, 5.41) is 6.63. The number of hydrogen-bond donors (Lipinski definition) is 0. The molecule has 134 valence electrons. The summed E-state index contributed by atoms with van der Waals surface area (Å²) in [4.78, 5) is 24.0. The Morgan fingerprint density at radius 3 is 2.81 bits per heavy atom. The molecule has 7 heteroatoms. The van der Waals surface area contributed by atoms with Crippen molar-refractivity contribution >= 4 is 22.9 Å². The molecule has 4 aromatic heterocycles. The molecule has 5 heterocycles. The molecule has 1 unspecified atom stereocenters. The fourth-order valence-corrected chi connectivity index (χ4v) is 4.19. The van der Waals surface area contributed by atoms with Crippen LogP contribution < -0.4 is 0 Å². The summed E-state index contributed by atoms with van der Waals surface area (Å²) in [5.41, 5.74) is 2.99. The van der Waals surface area contributed by atoms with E-state index in [1.165, 1.54) is 11.3 Å². The Kier molecular flexibility index (Phi) is 3.94. The SMILES string of the molecule is O=C(c1cccs1)N1CCC(c2nc3ccc(-c4ccncc4)cn3n2)C1. The molecule has 0 N–H and O–H groups in total. The number of aromatic nitrogens is 4. The van der Waals surface area contributed by atoms with Crippen LogP contribution in [0.25, 0.3) is 16.8 Å². The molecular formula is C20H17N5OS. The highest BCUT2D eigenvalue weighted by Crippen LogP contribution is 2.28. The van der Waals surface area contributed by atoms with Gasteiger partial charge in [0.1, 0.15) is 0 Å². The highest BCUT2D eigenvalue weighted by atomic mass is 32.1. The van der Waals surface area contributed by atoms with Gasteiger partial charge in [-0.2, -0.15) is 5.10 Å². The van der Waals surface area contributed by atoms with Crippen LogP contribution in [0.5, 0.6) is 0 Å². The standard InChI is InChI=1S/C20H17N5OS/c26-20(17-2-1-11-27-17)24-10-7-16(12-24)19-22-18-4-3-15(13-25(18)23-19)14-5-8-21-9-6-14/h1-6,8-9,11,13,16H,7,10,12H2. The van der Waals surface area contributed by atoms with Gasteiger partial charge >= 0.3 is 0 Å². The molecule has 4 aromatic rings. The van der Waals surface area contributed by atoms with E-state index in [1.807, 2.05) is 57.4 Å². The first-order valence-electron chi connectivity index (χ1n) is 8.87. The Hall–Kier alpha value is -3.06. The number of carbonyl (C=O) groups excluding carboxylic acids is 1. The van der Waals surface area contributed by atoms with Gasteiger partial charge < -0.3 is 4.90 Å². The number of nitrogens with zero attached hydrogens (tertiary/aromatic N) is 5. The molecule has 5 rings (SSSR count). The summed E-state index contributed by atoms with van der Waals surface area (Å²) in [6.45, 7) is 1.42. The van der Waals surface area contributed by atoms with Gasteiger partial charge in [0.15, 0.2) is 11.5 Å². The van der Waals surface area contributed by atoms with Crippen molar-refractivity contribution in [2.45, 2.75) is 12.3 Å². The van der Waals surface area contributed by atoms with Gasteiger partial charge in [0.2, 0.25) is 0 Å². The third kappa shape index (κ3) is 3.00. The third-order valence-electron chi connectivity index (χ3n) is 4.93. The van der Waals surface area contributed by atoms with Gasteiger partial charge in [-0.05, 0) is 47.7 Å². The van der Waals surface area contributed by atoms with E-state index in [-0.39, 0.29) is 11.8 Å². The van der Waals surface area contributed by atoms with Crippen molar-refractivity contribution in [3.8, 4) is 11.1 Å². The zero-order valence-electron chi connectivity index (χ0n) is 14.5. The van der Waals surface area contributed by atoms with Crippen LogP contribution in [0.2, 0.25) is 0 Å². The molecule has 1 fully saturated rings. The van der Waals surface area contributed by atoms with Crippen LogP contribution in [0.15, 0.2) is 60.4 Å². The highest BCUT2D eigenvalue weighted by molar-refractivity contribution is 7.12. The van der Waals surface area contributed by atoms with Crippen molar-refractivity contribution in [3.63, 3.8) is 0 Å². The van der Waals surface area contributed by atoms with E-state index in [2.05, 4.69) is 4.98 Å². The largest absolute Gasteiger partial charge is 0.337 e. The number of likely N-dealkylation sites (tertiary alicyclic amines) is 1. The van der Waals surface area contributed by atoms with E-state index in [0.29, 0.717) is 6.54 Å². The van der Waals surface area contributed by atoms with Crippen LogP contribution in [0, 0.1) is 0 Å². The molecule has 1 aliphatic heterocycles.